The minimum atomic E-state index is 0. The van der Waals surface area contributed by atoms with E-state index in [0.29, 0.717) is 13.2 Å². The molecule has 0 aromatic heterocycles. The summed E-state index contributed by atoms with van der Waals surface area (Å²) in [7, 11) is 5.57. The summed E-state index contributed by atoms with van der Waals surface area (Å²) in [6, 6.07) is 0. The second-order valence-electron chi connectivity index (χ2n) is 4.21. The maximum Gasteiger partial charge on any atom is 0.193 e. The molecule has 0 unspecified atom stereocenters. The highest BCUT2D eigenvalue weighted by atomic mass is 127. The zero-order valence-electron chi connectivity index (χ0n) is 12.8. The van der Waals surface area contributed by atoms with Crippen LogP contribution in [-0.4, -0.2) is 65.0 Å². The maximum absolute atomic E-state index is 5.40. The number of methoxy groups -OCH3 is 1. The summed E-state index contributed by atoms with van der Waals surface area (Å²) in [6.07, 6.45) is 3.37. The lowest BCUT2D eigenvalue weighted by Crippen LogP contribution is -2.40. The molecule has 0 bridgehead atoms. The van der Waals surface area contributed by atoms with Crippen molar-refractivity contribution in [3.8, 4) is 0 Å². The lowest BCUT2D eigenvalue weighted by atomic mass is 10.3. The molecular weight excluding hydrogens is 357 g/mol. The van der Waals surface area contributed by atoms with Gasteiger partial charge in [-0.3, -0.25) is 4.99 Å². The number of ether oxygens (including phenoxy) is 2. The van der Waals surface area contributed by atoms with Gasteiger partial charge in [-0.15, -0.1) is 24.0 Å². The SMILES string of the molecule is CCCCN(C)C(=NC)NCCCOCCOC.I. The monoisotopic (exact) mass is 387 g/mol. The number of unbranched alkanes of at least 4 members (excludes halogenated alkanes) is 1. The topological polar surface area (TPSA) is 46.1 Å². The first kappa shape index (κ1) is 21.2. The third-order valence-electron chi connectivity index (χ3n) is 2.60. The van der Waals surface area contributed by atoms with Gasteiger partial charge in [-0.2, -0.15) is 0 Å². The molecule has 116 valence electrons. The van der Waals surface area contributed by atoms with E-state index in [1.807, 2.05) is 7.05 Å². The molecular formula is C13H30IN3O2. The van der Waals surface area contributed by atoms with Gasteiger partial charge in [0.25, 0.3) is 0 Å². The van der Waals surface area contributed by atoms with E-state index in [4.69, 9.17) is 9.47 Å². The average molecular weight is 387 g/mol. The zero-order chi connectivity index (χ0) is 13.6. The van der Waals surface area contributed by atoms with Crippen LogP contribution in [0.1, 0.15) is 26.2 Å². The third kappa shape index (κ3) is 12.7. The van der Waals surface area contributed by atoms with Crippen molar-refractivity contribution in [3.63, 3.8) is 0 Å². The van der Waals surface area contributed by atoms with Crippen molar-refractivity contribution in [2.45, 2.75) is 26.2 Å². The van der Waals surface area contributed by atoms with Crippen molar-refractivity contribution < 1.29 is 9.47 Å². The van der Waals surface area contributed by atoms with Crippen molar-refractivity contribution in [2.75, 3.05) is 54.1 Å². The summed E-state index contributed by atoms with van der Waals surface area (Å²) >= 11 is 0. The fourth-order valence-corrected chi connectivity index (χ4v) is 1.50. The molecule has 0 aliphatic carbocycles. The molecule has 0 aromatic rings. The highest BCUT2D eigenvalue weighted by Gasteiger charge is 2.03. The van der Waals surface area contributed by atoms with Gasteiger partial charge in [0.15, 0.2) is 5.96 Å². The van der Waals surface area contributed by atoms with Crippen molar-refractivity contribution in [3.05, 3.63) is 0 Å². The van der Waals surface area contributed by atoms with Gasteiger partial charge in [0.05, 0.1) is 13.2 Å². The van der Waals surface area contributed by atoms with Crippen molar-refractivity contribution >= 4 is 29.9 Å². The third-order valence-corrected chi connectivity index (χ3v) is 2.60. The van der Waals surface area contributed by atoms with Crippen LogP contribution in [0.2, 0.25) is 0 Å². The Kier molecular flexibility index (Phi) is 17.8. The fourth-order valence-electron chi connectivity index (χ4n) is 1.50. The van der Waals surface area contributed by atoms with E-state index in [0.717, 1.165) is 32.1 Å². The number of aliphatic imine (C=N–C) groups is 1. The first-order valence-corrected chi connectivity index (χ1v) is 6.74. The van der Waals surface area contributed by atoms with Gasteiger partial charge in [0.1, 0.15) is 0 Å². The number of halogens is 1. The Morgan fingerprint density at radius 1 is 1.21 bits per heavy atom. The summed E-state index contributed by atoms with van der Waals surface area (Å²) < 4.78 is 10.3. The molecule has 0 radical (unpaired) electrons. The normalized spacial score (nSPS) is 11.1. The first-order valence-electron chi connectivity index (χ1n) is 6.74. The first-order chi connectivity index (χ1) is 8.76. The fraction of sp³-hybridized carbons (Fsp3) is 0.923. The molecule has 0 aromatic carbocycles. The quantitative estimate of drug-likeness (QED) is 0.270. The molecule has 0 aliphatic rings. The highest BCUT2D eigenvalue weighted by Crippen LogP contribution is 1.92. The van der Waals surface area contributed by atoms with E-state index in [-0.39, 0.29) is 24.0 Å². The lowest BCUT2D eigenvalue weighted by molar-refractivity contribution is 0.0698. The minimum Gasteiger partial charge on any atom is -0.382 e. The van der Waals surface area contributed by atoms with Crippen LogP contribution in [0.25, 0.3) is 0 Å². The Morgan fingerprint density at radius 2 is 1.95 bits per heavy atom. The Morgan fingerprint density at radius 3 is 2.53 bits per heavy atom. The molecule has 6 heteroatoms. The smallest absolute Gasteiger partial charge is 0.193 e. The predicted molar refractivity (Wildman–Crippen MR) is 91.6 cm³/mol. The van der Waals surface area contributed by atoms with E-state index in [9.17, 15) is 0 Å². The van der Waals surface area contributed by atoms with Crippen LogP contribution < -0.4 is 5.32 Å². The summed E-state index contributed by atoms with van der Waals surface area (Å²) in [5.74, 6) is 0.959. The molecule has 0 rings (SSSR count). The lowest BCUT2D eigenvalue weighted by Gasteiger charge is -2.21. The Labute approximate surface area is 135 Å². The largest absolute Gasteiger partial charge is 0.382 e. The number of nitrogens with one attached hydrogen (secondary N) is 1. The van der Waals surface area contributed by atoms with E-state index in [2.05, 4.69) is 29.2 Å². The van der Waals surface area contributed by atoms with Gasteiger partial charge in [-0.1, -0.05) is 13.3 Å². The van der Waals surface area contributed by atoms with E-state index in [1.165, 1.54) is 12.8 Å². The van der Waals surface area contributed by atoms with E-state index >= 15 is 0 Å². The summed E-state index contributed by atoms with van der Waals surface area (Å²) in [6.45, 7) is 6.21. The van der Waals surface area contributed by atoms with Gasteiger partial charge < -0.3 is 19.7 Å². The zero-order valence-corrected chi connectivity index (χ0v) is 15.1. The van der Waals surface area contributed by atoms with Crippen LogP contribution in [0.3, 0.4) is 0 Å². The maximum atomic E-state index is 5.40. The second-order valence-corrected chi connectivity index (χ2v) is 4.21. The second kappa shape index (κ2) is 16.0. The highest BCUT2D eigenvalue weighted by molar-refractivity contribution is 14.0. The number of guanidine groups is 1. The van der Waals surface area contributed by atoms with Crippen molar-refractivity contribution in [1.29, 1.82) is 0 Å². The molecule has 0 saturated carbocycles. The van der Waals surface area contributed by atoms with Gasteiger partial charge >= 0.3 is 0 Å². The molecule has 0 atom stereocenters. The molecule has 0 amide bonds. The number of nitrogens with zero attached hydrogens (tertiary/aromatic N) is 2. The molecule has 5 nitrogen and oxygen atoms in total. The Bertz CT molecular complexity index is 216. The standard InChI is InChI=1S/C13H29N3O2.HI/c1-5-6-9-16(3)13(14-2)15-8-7-10-18-12-11-17-4;/h5-12H2,1-4H3,(H,14,15);1H. The van der Waals surface area contributed by atoms with Crippen molar-refractivity contribution in [2.24, 2.45) is 4.99 Å². The van der Waals surface area contributed by atoms with Crippen LogP contribution in [0, 0.1) is 0 Å². The predicted octanol–water partition coefficient (Wildman–Crippen LogP) is 1.96. The van der Waals surface area contributed by atoms with Gasteiger partial charge in [-0.05, 0) is 12.8 Å². The van der Waals surface area contributed by atoms with Crippen LogP contribution in [0.4, 0.5) is 0 Å². The van der Waals surface area contributed by atoms with E-state index < -0.39 is 0 Å². The molecule has 0 spiro atoms. The summed E-state index contributed by atoms with van der Waals surface area (Å²) in [5.41, 5.74) is 0. The number of rotatable bonds is 10. The van der Waals surface area contributed by atoms with Crippen LogP contribution >= 0.6 is 24.0 Å². The average Bonchev–Trinajstić information content (AvgIpc) is 2.39. The Hall–Kier alpha value is -0.0800. The summed E-state index contributed by atoms with van der Waals surface area (Å²) in [5, 5.41) is 3.33. The molecule has 19 heavy (non-hydrogen) atoms. The van der Waals surface area contributed by atoms with Gasteiger partial charge in [0.2, 0.25) is 0 Å². The van der Waals surface area contributed by atoms with Crippen LogP contribution in [0.15, 0.2) is 4.99 Å². The Balaban J connectivity index is 0. The molecule has 0 aliphatic heterocycles. The van der Waals surface area contributed by atoms with Crippen molar-refractivity contribution in [1.82, 2.24) is 10.2 Å². The van der Waals surface area contributed by atoms with E-state index in [1.54, 1.807) is 7.11 Å². The number of hydrogen-bond donors (Lipinski definition) is 1. The molecule has 0 saturated heterocycles. The molecule has 1 N–H and O–H groups in total. The van der Waals surface area contributed by atoms with Crippen LogP contribution in [-0.2, 0) is 9.47 Å². The van der Waals surface area contributed by atoms with Gasteiger partial charge in [-0.25, -0.2) is 0 Å². The molecule has 0 fully saturated rings. The molecule has 0 heterocycles. The van der Waals surface area contributed by atoms with Crippen LogP contribution in [0.5, 0.6) is 0 Å². The minimum absolute atomic E-state index is 0. The van der Waals surface area contributed by atoms with Gasteiger partial charge in [0, 0.05) is 40.9 Å². The number of hydrogen-bond acceptors (Lipinski definition) is 3. The summed E-state index contributed by atoms with van der Waals surface area (Å²) in [4.78, 5) is 6.42.